The van der Waals surface area contributed by atoms with Crippen LogP contribution >= 0.6 is 0 Å². The third-order valence-corrected chi connectivity index (χ3v) is 3.27. The topological polar surface area (TPSA) is 66.3 Å². The molecule has 0 amide bonds. The monoisotopic (exact) mass is 275 g/mol. The molecule has 0 radical (unpaired) electrons. The lowest BCUT2D eigenvalue weighted by Crippen LogP contribution is -2.19. The normalized spacial score (nSPS) is 11.1. The molecule has 0 fully saturated rings. The number of aliphatic carboxylic acids is 1. The molecule has 108 valence electrons. The van der Waals surface area contributed by atoms with Gasteiger partial charge in [0, 0.05) is 23.6 Å². The molecule has 5 nitrogen and oxygen atoms in total. The van der Waals surface area contributed by atoms with Crippen LogP contribution < -0.4 is 10.6 Å². The Morgan fingerprint density at radius 1 is 1.30 bits per heavy atom. The van der Waals surface area contributed by atoms with Gasteiger partial charge in [0.25, 0.3) is 0 Å². The number of hydrogen-bond donors (Lipinski definition) is 3. The SMILES string of the molecule is CNCCCNCc1cn(CC(=O)O)c2ccccc12. The van der Waals surface area contributed by atoms with E-state index in [0.717, 1.165) is 42.5 Å². The highest BCUT2D eigenvalue weighted by Crippen LogP contribution is 2.21. The van der Waals surface area contributed by atoms with Crippen LogP contribution in [0.2, 0.25) is 0 Å². The Hall–Kier alpha value is -1.85. The predicted octanol–water partition coefficient (Wildman–Crippen LogP) is 1.43. The molecule has 1 aromatic heterocycles. The Morgan fingerprint density at radius 3 is 2.85 bits per heavy atom. The number of nitrogens with zero attached hydrogens (tertiary/aromatic N) is 1. The maximum absolute atomic E-state index is 10.9. The molecule has 2 rings (SSSR count). The van der Waals surface area contributed by atoms with Gasteiger partial charge in [0.1, 0.15) is 6.54 Å². The smallest absolute Gasteiger partial charge is 0.323 e. The van der Waals surface area contributed by atoms with E-state index in [1.165, 1.54) is 0 Å². The van der Waals surface area contributed by atoms with Gasteiger partial charge in [0.05, 0.1) is 0 Å². The standard InChI is InChI=1S/C15H21N3O2/c1-16-7-4-8-17-9-12-10-18(11-15(19)20)14-6-3-2-5-13(12)14/h2-3,5-6,10,16-17H,4,7-9,11H2,1H3,(H,19,20). The number of para-hydroxylation sites is 1. The fourth-order valence-electron chi connectivity index (χ4n) is 2.35. The Balaban J connectivity index is 2.10. The van der Waals surface area contributed by atoms with Crippen LogP contribution in [0.5, 0.6) is 0 Å². The van der Waals surface area contributed by atoms with Crippen molar-refractivity contribution in [2.45, 2.75) is 19.5 Å². The van der Waals surface area contributed by atoms with E-state index in [0.29, 0.717) is 0 Å². The van der Waals surface area contributed by atoms with Crippen molar-refractivity contribution in [2.24, 2.45) is 0 Å². The van der Waals surface area contributed by atoms with Gasteiger partial charge in [0.2, 0.25) is 0 Å². The van der Waals surface area contributed by atoms with Crippen LogP contribution in [0.25, 0.3) is 10.9 Å². The molecule has 0 aliphatic rings. The molecule has 0 bridgehead atoms. The van der Waals surface area contributed by atoms with Crippen LogP contribution in [0.4, 0.5) is 0 Å². The van der Waals surface area contributed by atoms with Gasteiger partial charge in [-0.05, 0) is 38.2 Å². The second-order valence-electron chi connectivity index (χ2n) is 4.83. The molecule has 0 saturated carbocycles. The zero-order chi connectivity index (χ0) is 14.4. The van der Waals surface area contributed by atoms with Gasteiger partial charge < -0.3 is 20.3 Å². The van der Waals surface area contributed by atoms with Crippen molar-refractivity contribution in [1.29, 1.82) is 0 Å². The number of benzene rings is 1. The number of nitrogens with one attached hydrogen (secondary N) is 2. The lowest BCUT2D eigenvalue weighted by molar-refractivity contribution is -0.137. The third kappa shape index (κ3) is 3.59. The molecule has 5 heteroatoms. The molecular formula is C15H21N3O2. The van der Waals surface area contributed by atoms with E-state index < -0.39 is 5.97 Å². The maximum atomic E-state index is 10.9. The van der Waals surface area contributed by atoms with E-state index in [1.807, 2.05) is 37.5 Å². The highest BCUT2D eigenvalue weighted by Gasteiger charge is 2.09. The molecule has 0 saturated heterocycles. The molecule has 1 aromatic carbocycles. The number of carbonyl (C=O) groups is 1. The van der Waals surface area contributed by atoms with Crippen molar-refractivity contribution in [2.75, 3.05) is 20.1 Å². The van der Waals surface area contributed by atoms with Crippen molar-refractivity contribution in [3.8, 4) is 0 Å². The number of rotatable bonds is 8. The van der Waals surface area contributed by atoms with Gasteiger partial charge in [-0.3, -0.25) is 4.79 Å². The number of fused-ring (bicyclic) bond motifs is 1. The first-order valence-corrected chi connectivity index (χ1v) is 6.86. The third-order valence-electron chi connectivity index (χ3n) is 3.27. The minimum Gasteiger partial charge on any atom is -0.480 e. The summed E-state index contributed by atoms with van der Waals surface area (Å²) in [5, 5.41) is 16.6. The second-order valence-corrected chi connectivity index (χ2v) is 4.83. The summed E-state index contributed by atoms with van der Waals surface area (Å²) in [6.45, 7) is 2.70. The molecule has 0 spiro atoms. The van der Waals surface area contributed by atoms with E-state index in [2.05, 4.69) is 10.6 Å². The van der Waals surface area contributed by atoms with E-state index in [9.17, 15) is 4.79 Å². The van der Waals surface area contributed by atoms with Crippen molar-refractivity contribution in [1.82, 2.24) is 15.2 Å². The van der Waals surface area contributed by atoms with Crippen LogP contribution in [0.15, 0.2) is 30.5 Å². The van der Waals surface area contributed by atoms with Gasteiger partial charge in [-0.25, -0.2) is 0 Å². The summed E-state index contributed by atoms with van der Waals surface area (Å²) in [5.41, 5.74) is 2.12. The highest BCUT2D eigenvalue weighted by atomic mass is 16.4. The molecule has 0 aliphatic carbocycles. The predicted molar refractivity (Wildman–Crippen MR) is 79.8 cm³/mol. The summed E-state index contributed by atoms with van der Waals surface area (Å²) in [6, 6.07) is 7.92. The lowest BCUT2D eigenvalue weighted by atomic mass is 10.2. The van der Waals surface area contributed by atoms with Crippen molar-refractivity contribution >= 4 is 16.9 Å². The average molecular weight is 275 g/mol. The largest absolute Gasteiger partial charge is 0.480 e. The second kappa shape index (κ2) is 7.07. The summed E-state index contributed by atoms with van der Waals surface area (Å²) in [5.74, 6) is -0.820. The molecule has 0 atom stereocenters. The van der Waals surface area contributed by atoms with Crippen LogP contribution in [0.1, 0.15) is 12.0 Å². The first-order chi connectivity index (χ1) is 9.72. The van der Waals surface area contributed by atoms with Crippen molar-refractivity contribution < 1.29 is 9.90 Å². The minimum atomic E-state index is -0.820. The van der Waals surface area contributed by atoms with Gasteiger partial charge >= 0.3 is 5.97 Å². The average Bonchev–Trinajstić information content (AvgIpc) is 2.77. The number of carboxylic acids is 1. The maximum Gasteiger partial charge on any atom is 0.323 e. The molecule has 0 aliphatic heterocycles. The Morgan fingerprint density at radius 2 is 2.10 bits per heavy atom. The Labute approximate surface area is 118 Å². The van der Waals surface area contributed by atoms with Gasteiger partial charge in [-0.2, -0.15) is 0 Å². The van der Waals surface area contributed by atoms with Crippen LogP contribution in [-0.2, 0) is 17.9 Å². The van der Waals surface area contributed by atoms with Crippen molar-refractivity contribution in [3.63, 3.8) is 0 Å². The number of aromatic nitrogens is 1. The Kier molecular flexibility index (Phi) is 5.15. The summed E-state index contributed by atoms with van der Waals surface area (Å²) in [4.78, 5) is 10.9. The molecule has 20 heavy (non-hydrogen) atoms. The summed E-state index contributed by atoms with van der Waals surface area (Å²) < 4.78 is 1.79. The lowest BCUT2D eigenvalue weighted by Gasteiger charge is -2.03. The van der Waals surface area contributed by atoms with Gasteiger partial charge in [0.15, 0.2) is 0 Å². The van der Waals surface area contributed by atoms with Gasteiger partial charge in [-0.1, -0.05) is 18.2 Å². The quantitative estimate of drug-likeness (QED) is 0.638. The minimum absolute atomic E-state index is 0.000266. The number of hydrogen-bond acceptors (Lipinski definition) is 3. The van der Waals surface area contributed by atoms with Gasteiger partial charge in [-0.15, -0.1) is 0 Å². The molecule has 1 heterocycles. The van der Waals surface area contributed by atoms with E-state index in [-0.39, 0.29) is 6.54 Å². The molecule has 3 N–H and O–H groups in total. The fraction of sp³-hybridized carbons (Fsp3) is 0.400. The first kappa shape index (κ1) is 14.6. The van der Waals surface area contributed by atoms with Crippen LogP contribution in [0, 0.1) is 0 Å². The molecule has 0 unspecified atom stereocenters. The van der Waals surface area contributed by atoms with E-state index in [1.54, 1.807) is 4.57 Å². The fourth-order valence-corrected chi connectivity index (χ4v) is 2.35. The Bertz CT molecular complexity index is 578. The summed E-state index contributed by atoms with van der Waals surface area (Å²) >= 11 is 0. The van der Waals surface area contributed by atoms with E-state index >= 15 is 0 Å². The zero-order valence-corrected chi connectivity index (χ0v) is 11.7. The summed E-state index contributed by atoms with van der Waals surface area (Å²) in [7, 11) is 1.94. The van der Waals surface area contributed by atoms with Crippen LogP contribution in [-0.4, -0.2) is 35.8 Å². The van der Waals surface area contributed by atoms with E-state index in [4.69, 9.17) is 5.11 Å². The summed E-state index contributed by atoms with van der Waals surface area (Å²) in [6.07, 6.45) is 3.01. The first-order valence-electron chi connectivity index (χ1n) is 6.86. The zero-order valence-electron chi connectivity index (χ0n) is 11.7. The van der Waals surface area contributed by atoms with Crippen LogP contribution in [0.3, 0.4) is 0 Å². The van der Waals surface area contributed by atoms with Crippen molar-refractivity contribution in [3.05, 3.63) is 36.0 Å². The molecular weight excluding hydrogens is 254 g/mol. The number of carboxylic acid groups (broad SMARTS) is 1. The highest BCUT2D eigenvalue weighted by molar-refractivity contribution is 5.85. The molecule has 2 aromatic rings.